The largest absolute Gasteiger partial charge is 0.497 e. The van der Waals surface area contributed by atoms with Crippen molar-refractivity contribution < 1.29 is 9.84 Å². The summed E-state index contributed by atoms with van der Waals surface area (Å²) >= 11 is 0. The van der Waals surface area contributed by atoms with E-state index in [4.69, 9.17) is 4.74 Å². The van der Waals surface area contributed by atoms with Crippen molar-refractivity contribution in [3.8, 4) is 5.75 Å². The van der Waals surface area contributed by atoms with Crippen molar-refractivity contribution in [3.05, 3.63) is 29.3 Å². The van der Waals surface area contributed by atoms with E-state index < -0.39 is 0 Å². The number of hydrogen-bond acceptors (Lipinski definition) is 2. The molecule has 2 saturated carbocycles. The van der Waals surface area contributed by atoms with Gasteiger partial charge in [-0.3, -0.25) is 0 Å². The Labute approximate surface area is 134 Å². The van der Waals surface area contributed by atoms with Crippen molar-refractivity contribution in [2.45, 2.75) is 64.9 Å². The van der Waals surface area contributed by atoms with Gasteiger partial charge in [0.2, 0.25) is 0 Å². The summed E-state index contributed by atoms with van der Waals surface area (Å²) in [7, 11) is 1.74. The molecule has 0 amide bonds. The number of aliphatic hydroxyl groups is 1. The lowest BCUT2D eigenvalue weighted by molar-refractivity contribution is -0.0119. The Hall–Kier alpha value is -1.02. The van der Waals surface area contributed by atoms with Gasteiger partial charge < -0.3 is 9.84 Å². The zero-order chi connectivity index (χ0) is 15.7. The first kappa shape index (κ1) is 15.9. The fraction of sp³-hybridized carbons (Fsp3) is 0.700. The SMILES string of the molecule is COc1ccc(C)c(CC[C@@H]2CCC[C@]3(C)[C@H](O)CC[C@H]23)c1. The van der Waals surface area contributed by atoms with Crippen LogP contribution in [0.25, 0.3) is 0 Å². The van der Waals surface area contributed by atoms with Crippen molar-refractivity contribution in [2.24, 2.45) is 17.3 Å². The number of aliphatic hydroxyl groups excluding tert-OH is 1. The molecule has 2 aliphatic carbocycles. The summed E-state index contributed by atoms with van der Waals surface area (Å²) in [6.45, 7) is 4.53. The predicted octanol–water partition coefficient (Wildman–Crippen LogP) is 4.51. The maximum atomic E-state index is 10.4. The van der Waals surface area contributed by atoms with E-state index in [9.17, 15) is 5.11 Å². The molecule has 2 nitrogen and oxygen atoms in total. The van der Waals surface area contributed by atoms with Crippen LogP contribution in [0.1, 0.15) is 56.6 Å². The van der Waals surface area contributed by atoms with Gasteiger partial charge >= 0.3 is 0 Å². The summed E-state index contributed by atoms with van der Waals surface area (Å²) in [5.74, 6) is 2.47. The van der Waals surface area contributed by atoms with Gasteiger partial charge in [-0.15, -0.1) is 0 Å². The van der Waals surface area contributed by atoms with Gasteiger partial charge in [0.1, 0.15) is 5.75 Å². The Kier molecular flexibility index (Phi) is 4.49. The Morgan fingerprint density at radius 1 is 1.27 bits per heavy atom. The maximum Gasteiger partial charge on any atom is 0.119 e. The van der Waals surface area contributed by atoms with Gasteiger partial charge in [-0.2, -0.15) is 0 Å². The topological polar surface area (TPSA) is 29.5 Å². The minimum atomic E-state index is -0.0705. The van der Waals surface area contributed by atoms with Gasteiger partial charge in [0, 0.05) is 0 Å². The van der Waals surface area contributed by atoms with Crippen LogP contribution in [0.3, 0.4) is 0 Å². The lowest BCUT2D eigenvalue weighted by atomic mass is 9.62. The molecule has 1 aromatic carbocycles. The Morgan fingerprint density at radius 2 is 2.09 bits per heavy atom. The number of ether oxygens (including phenoxy) is 1. The molecule has 22 heavy (non-hydrogen) atoms. The Morgan fingerprint density at radius 3 is 2.86 bits per heavy atom. The third kappa shape index (κ3) is 2.78. The molecule has 122 valence electrons. The summed E-state index contributed by atoms with van der Waals surface area (Å²) in [5, 5.41) is 10.4. The van der Waals surface area contributed by atoms with Crippen molar-refractivity contribution in [1.29, 1.82) is 0 Å². The van der Waals surface area contributed by atoms with Gasteiger partial charge in [-0.25, -0.2) is 0 Å². The summed E-state index contributed by atoms with van der Waals surface area (Å²) in [5.41, 5.74) is 2.97. The number of fused-ring (bicyclic) bond motifs is 1. The van der Waals surface area contributed by atoms with E-state index in [0.717, 1.165) is 30.4 Å². The number of benzene rings is 1. The first-order valence-corrected chi connectivity index (χ1v) is 8.86. The Bertz CT molecular complexity index is 524. The molecule has 0 saturated heterocycles. The zero-order valence-corrected chi connectivity index (χ0v) is 14.3. The molecule has 0 radical (unpaired) electrons. The fourth-order valence-corrected chi connectivity index (χ4v) is 5.05. The van der Waals surface area contributed by atoms with Crippen LogP contribution >= 0.6 is 0 Å². The second-order valence-corrected chi connectivity index (χ2v) is 7.69. The molecule has 0 heterocycles. The van der Waals surface area contributed by atoms with Crippen LogP contribution in [0.4, 0.5) is 0 Å². The third-order valence-electron chi connectivity index (χ3n) is 6.56. The number of aryl methyl sites for hydroxylation is 2. The molecule has 0 spiro atoms. The highest BCUT2D eigenvalue weighted by atomic mass is 16.5. The highest BCUT2D eigenvalue weighted by molar-refractivity contribution is 5.35. The van der Waals surface area contributed by atoms with Crippen molar-refractivity contribution in [2.75, 3.05) is 7.11 Å². The summed E-state index contributed by atoms with van der Waals surface area (Å²) in [6.07, 6.45) is 8.39. The zero-order valence-electron chi connectivity index (χ0n) is 14.3. The van der Waals surface area contributed by atoms with E-state index in [1.807, 2.05) is 6.07 Å². The minimum Gasteiger partial charge on any atom is -0.497 e. The van der Waals surface area contributed by atoms with E-state index in [2.05, 4.69) is 26.0 Å². The lowest BCUT2D eigenvalue weighted by Gasteiger charge is -2.43. The minimum absolute atomic E-state index is 0.0705. The van der Waals surface area contributed by atoms with E-state index >= 15 is 0 Å². The first-order valence-electron chi connectivity index (χ1n) is 8.86. The molecule has 0 bridgehead atoms. The van der Waals surface area contributed by atoms with Crippen LogP contribution in [-0.2, 0) is 6.42 Å². The normalized spacial score (nSPS) is 34.5. The molecule has 2 aliphatic rings. The number of methoxy groups -OCH3 is 1. The lowest BCUT2D eigenvalue weighted by Crippen LogP contribution is -2.39. The first-order chi connectivity index (χ1) is 10.5. The molecule has 2 fully saturated rings. The van der Waals surface area contributed by atoms with Gasteiger partial charge in [-0.05, 0) is 79.5 Å². The summed E-state index contributed by atoms with van der Waals surface area (Å²) in [4.78, 5) is 0. The van der Waals surface area contributed by atoms with Gasteiger partial charge in [-0.1, -0.05) is 25.8 Å². The van der Waals surface area contributed by atoms with Gasteiger partial charge in [0.05, 0.1) is 13.2 Å². The molecule has 2 heteroatoms. The predicted molar refractivity (Wildman–Crippen MR) is 90.2 cm³/mol. The van der Waals surface area contributed by atoms with E-state index in [-0.39, 0.29) is 11.5 Å². The molecule has 3 rings (SSSR count). The van der Waals surface area contributed by atoms with Gasteiger partial charge in [0.25, 0.3) is 0 Å². The van der Waals surface area contributed by atoms with Crippen molar-refractivity contribution in [3.63, 3.8) is 0 Å². The van der Waals surface area contributed by atoms with Crippen LogP contribution in [-0.4, -0.2) is 18.3 Å². The molecule has 1 aromatic rings. The van der Waals surface area contributed by atoms with Crippen molar-refractivity contribution >= 4 is 0 Å². The second kappa shape index (κ2) is 6.23. The molecule has 4 atom stereocenters. The molecular weight excluding hydrogens is 272 g/mol. The van der Waals surface area contributed by atoms with Crippen LogP contribution in [0.5, 0.6) is 5.75 Å². The molecule has 1 N–H and O–H groups in total. The standard InChI is InChI=1S/C20H30O2/c1-14-6-9-17(22-3)13-16(14)8-7-15-5-4-12-20(2)18(15)10-11-19(20)21/h6,9,13,15,18-19,21H,4-5,7-8,10-12H2,1-3H3/t15-,18+,19+,20-/m0/s1. The molecule has 0 unspecified atom stereocenters. The van der Waals surface area contributed by atoms with E-state index in [1.54, 1.807) is 7.11 Å². The van der Waals surface area contributed by atoms with Crippen LogP contribution < -0.4 is 4.74 Å². The number of rotatable bonds is 4. The third-order valence-corrected chi connectivity index (χ3v) is 6.56. The fourth-order valence-electron chi connectivity index (χ4n) is 5.05. The highest BCUT2D eigenvalue weighted by Crippen LogP contribution is 2.55. The second-order valence-electron chi connectivity index (χ2n) is 7.69. The molecule has 0 aromatic heterocycles. The molecular formula is C20H30O2. The summed E-state index contributed by atoms with van der Waals surface area (Å²) in [6, 6.07) is 6.41. The summed E-state index contributed by atoms with van der Waals surface area (Å²) < 4.78 is 5.37. The smallest absolute Gasteiger partial charge is 0.119 e. The average Bonchev–Trinajstić information content (AvgIpc) is 2.82. The molecule has 0 aliphatic heterocycles. The van der Waals surface area contributed by atoms with Crippen molar-refractivity contribution in [1.82, 2.24) is 0 Å². The highest BCUT2D eigenvalue weighted by Gasteiger charge is 2.50. The van der Waals surface area contributed by atoms with E-state index in [1.165, 1.54) is 43.2 Å². The number of hydrogen-bond donors (Lipinski definition) is 1. The quantitative estimate of drug-likeness (QED) is 0.886. The monoisotopic (exact) mass is 302 g/mol. The van der Waals surface area contributed by atoms with Crippen LogP contribution in [0.2, 0.25) is 0 Å². The van der Waals surface area contributed by atoms with E-state index in [0.29, 0.717) is 0 Å². The van der Waals surface area contributed by atoms with Crippen LogP contribution in [0.15, 0.2) is 18.2 Å². The Balaban J connectivity index is 1.69. The van der Waals surface area contributed by atoms with Gasteiger partial charge in [0.15, 0.2) is 0 Å². The van der Waals surface area contributed by atoms with Crippen LogP contribution in [0, 0.1) is 24.2 Å². The average molecular weight is 302 g/mol. The maximum absolute atomic E-state index is 10.4.